The molecule has 6 heteroatoms. The number of methoxy groups -OCH3 is 1. The summed E-state index contributed by atoms with van der Waals surface area (Å²) in [7, 11) is 1.66. The lowest BCUT2D eigenvalue weighted by Crippen LogP contribution is -2.36. The number of nitrogens with one attached hydrogen (secondary N) is 2. The summed E-state index contributed by atoms with van der Waals surface area (Å²) in [6.07, 6.45) is 8.05. The third-order valence-electron chi connectivity index (χ3n) is 4.72. The number of benzene rings is 1. The number of hydrogen-bond donors (Lipinski definition) is 2. The van der Waals surface area contributed by atoms with E-state index in [-0.39, 0.29) is 11.9 Å². The summed E-state index contributed by atoms with van der Waals surface area (Å²) >= 11 is 0. The van der Waals surface area contributed by atoms with Gasteiger partial charge in [0.25, 0.3) is 5.91 Å². The molecule has 0 aliphatic heterocycles. The number of amides is 1. The van der Waals surface area contributed by atoms with Gasteiger partial charge in [-0.15, -0.1) is 0 Å². The number of carbonyl (C=O) groups is 1. The Bertz CT molecular complexity index is 712. The van der Waals surface area contributed by atoms with Crippen LogP contribution in [0.5, 0.6) is 5.75 Å². The van der Waals surface area contributed by atoms with Gasteiger partial charge in [-0.2, -0.15) is 0 Å². The van der Waals surface area contributed by atoms with E-state index in [2.05, 4.69) is 20.6 Å². The molecular formula is C20H26N4O2. The fourth-order valence-electron chi connectivity index (χ4n) is 3.21. The monoisotopic (exact) mass is 354 g/mol. The minimum atomic E-state index is -0.113. The summed E-state index contributed by atoms with van der Waals surface area (Å²) in [6.45, 7) is 0.729. The molecule has 3 rings (SSSR count). The van der Waals surface area contributed by atoms with E-state index in [1.165, 1.54) is 31.2 Å². The lowest BCUT2D eigenvalue weighted by molar-refractivity contribution is 0.0922. The zero-order chi connectivity index (χ0) is 18.2. The number of carbonyl (C=O) groups excluding carboxylic acids is 1. The van der Waals surface area contributed by atoms with Crippen LogP contribution < -0.4 is 15.4 Å². The highest BCUT2D eigenvalue weighted by Gasteiger charge is 2.17. The van der Waals surface area contributed by atoms with E-state index in [0.717, 1.165) is 31.6 Å². The maximum atomic E-state index is 12.4. The van der Waals surface area contributed by atoms with Crippen LogP contribution in [0.25, 0.3) is 0 Å². The summed E-state index contributed by atoms with van der Waals surface area (Å²) in [6, 6.07) is 9.98. The Hall–Kier alpha value is -2.63. The van der Waals surface area contributed by atoms with E-state index in [1.807, 2.05) is 24.3 Å². The second kappa shape index (κ2) is 9.17. The molecule has 1 aromatic carbocycles. The molecule has 1 aliphatic carbocycles. The molecule has 0 bridgehead atoms. The molecule has 1 saturated carbocycles. The number of anilines is 1. The maximum Gasteiger partial charge on any atom is 0.270 e. The minimum absolute atomic E-state index is 0.113. The largest absolute Gasteiger partial charge is 0.497 e. The summed E-state index contributed by atoms with van der Waals surface area (Å²) in [5, 5.41) is 6.34. The Labute approximate surface area is 154 Å². The predicted octanol–water partition coefficient (Wildman–Crippen LogP) is 3.20. The summed E-state index contributed by atoms with van der Waals surface area (Å²) < 4.78 is 5.16. The van der Waals surface area contributed by atoms with Gasteiger partial charge in [0.1, 0.15) is 23.6 Å². The molecule has 1 aromatic heterocycles. The first kappa shape index (κ1) is 18.2. The molecule has 1 aliphatic rings. The van der Waals surface area contributed by atoms with E-state index < -0.39 is 0 Å². The molecule has 0 unspecified atom stereocenters. The molecule has 1 fully saturated rings. The highest BCUT2D eigenvalue weighted by Crippen LogP contribution is 2.18. The maximum absolute atomic E-state index is 12.4. The molecule has 0 spiro atoms. The average molecular weight is 354 g/mol. The third-order valence-corrected chi connectivity index (χ3v) is 4.72. The lowest BCUT2D eigenvalue weighted by Gasteiger charge is -2.22. The lowest BCUT2D eigenvalue weighted by atomic mass is 9.95. The predicted molar refractivity (Wildman–Crippen MR) is 102 cm³/mol. The van der Waals surface area contributed by atoms with Crippen LogP contribution in [0.1, 0.15) is 48.2 Å². The fraction of sp³-hybridized carbons (Fsp3) is 0.450. The van der Waals surface area contributed by atoms with Gasteiger partial charge in [0, 0.05) is 18.7 Å². The highest BCUT2D eigenvalue weighted by atomic mass is 16.5. The Kier molecular flexibility index (Phi) is 6.41. The van der Waals surface area contributed by atoms with Gasteiger partial charge in [-0.05, 0) is 37.0 Å². The van der Waals surface area contributed by atoms with Gasteiger partial charge < -0.3 is 15.4 Å². The number of hydrogen-bond acceptors (Lipinski definition) is 5. The van der Waals surface area contributed by atoms with Crippen molar-refractivity contribution in [2.24, 2.45) is 0 Å². The normalized spacial score (nSPS) is 14.7. The Morgan fingerprint density at radius 3 is 2.65 bits per heavy atom. The van der Waals surface area contributed by atoms with Gasteiger partial charge in [0.15, 0.2) is 0 Å². The molecular weight excluding hydrogens is 328 g/mol. The molecule has 1 heterocycles. The first-order chi connectivity index (χ1) is 12.7. The third kappa shape index (κ3) is 5.18. The first-order valence-corrected chi connectivity index (χ1v) is 9.24. The minimum Gasteiger partial charge on any atom is -0.497 e. The molecule has 26 heavy (non-hydrogen) atoms. The zero-order valence-electron chi connectivity index (χ0n) is 15.2. The van der Waals surface area contributed by atoms with Crippen LogP contribution in [0.15, 0.2) is 36.7 Å². The van der Waals surface area contributed by atoms with Crippen LogP contribution in [0.3, 0.4) is 0 Å². The summed E-state index contributed by atoms with van der Waals surface area (Å²) in [5.41, 5.74) is 1.63. The van der Waals surface area contributed by atoms with Gasteiger partial charge in [0.2, 0.25) is 0 Å². The van der Waals surface area contributed by atoms with Crippen molar-refractivity contribution in [2.75, 3.05) is 19.0 Å². The fourth-order valence-corrected chi connectivity index (χ4v) is 3.21. The van der Waals surface area contributed by atoms with Crippen molar-refractivity contribution >= 4 is 11.7 Å². The van der Waals surface area contributed by atoms with Crippen LogP contribution in [-0.2, 0) is 6.42 Å². The molecule has 1 amide bonds. The molecule has 2 N–H and O–H groups in total. The smallest absolute Gasteiger partial charge is 0.270 e. The Balaban J connectivity index is 1.50. The Morgan fingerprint density at radius 2 is 1.92 bits per heavy atom. The van der Waals surface area contributed by atoms with Crippen molar-refractivity contribution in [3.8, 4) is 5.75 Å². The number of aromatic nitrogens is 2. The van der Waals surface area contributed by atoms with E-state index in [9.17, 15) is 4.79 Å². The quantitative estimate of drug-likeness (QED) is 0.798. The van der Waals surface area contributed by atoms with Gasteiger partial charge in [0.05, 0.1) is 7.11 Å². The van der Waals surface area contributed by atoms with E-state index in [0.29, 0.717) is 11.5 Å². The number of rotatable bonds is 7. The van der Waals surface area contributed by atoms with Crippen molar-refractivity contribution in [1.29, 1.82) is 0 Å². The highest BCUT2D eigenvalue weighted by molar-refractivity contribution is 5.93. The van der Waals surface area contributed by atoms with Crippen LogP contribution in [0, 0.1) is 0 Å². The summed E-state index contributed by atoms with van der Waals surface area (Å²) in [4.78, 5) is 20.7. The van der Waals surface area contributed by atoms with E-state index in [1.54, 1.807) is 13.2 Å². The molecule has 0 saturated heterocycles. The second-order valence-corrected chi connectivity index (χ2v) is 6.62. The van der Waals surface area contributed by atoms with Gasteiger partial charge in [-0.25, -0.2) is 9.97 Å². The first-order valence-electron chi connectivity index (χ1n) is 9.24. The van der Waals surface area contributed by atoms with Crippen molar-refractivity contribution in [3.05, 3.63) is 47.9 Å². The molecule has 0 atom stereocenters. The van der Waals surface area contributed by atoms with Crippen molar-refractivity contribution in [3.63, 3.8) is 0 Å². The van der Waals surface area contributed by atoms with Gasteiger partial charge >= 0.3 is 0 Å². The zero-order valence-corrected chi connectivity index (χ0v) is 15.2. The molecule has 0 radical (unpaired) electrons. The number of ether oxygens (including phenoxy) is 1. The van der Waals surface area contributed by atoms with Crippen LogP contribution >= 0.6 is 0 Å². The van der Waals surface area contributed by atoms with Crippen LogP contribution in [-0.4, -0.2) is 35.6 Å². The van der Waals surface area contributed by atoms with Crippen LogP contribution in [0.4, 0.5) is 5.82 Å². The molecule has 6 nitrogen and oxygen atoms in total. The summed E-state index contributed by atoms with van der Waals surface area (Å²) in [5.74, 6) is 1.41. The van der Waals surface area contributed by atoms with Crippen molar-refractivity contribution < 1.29 is 9.53 Å². The van der Waals surface area contributed by atoms with E-state index in [4.69, 9.17) is 4.74 Å². The topological polar surface area (TPSA) is 76.1 Å². The standard InChI is InChI=1S/C20H26N4O2/c1-26-17-9-7-15(8-10-17)11-12-21-19-13-18(22-14-23-19)20(25)24-16-5-3-2-4-6-16/h7-10,13-14,16H,2-6,11-12H2,1H3,(H,24,25)(H,21,22,23). The van der Waals surface area contributed by atoms with Gasteiger partial charge in [-0.3, -0.25) is 4.79 Å². The number of nitrogens with zero attached hydrogens (tertiary/aromatic N) is 2. The van der Waals surface area contributed by atoms with Crippen molar-refractivity contribution in [1.82, 2.24) is 15.3 Å². The molecule has 2 aromatic rings. The SMILES string of the molecule is COc1ccc(CCNc2cc(C(=O)NC3CCCCC3)ncn2)cc1. The molecule has 138 valence electrons. The van der Waals surface area contributed by atoms with Crippen LogP contribution in [0.2, 0.25) is 0 Å². The van der Waals surface area contributed by atoms with Crippen molar-refractivity contribution in [2.45, 2.75) is 44.6 Å². The Morgan fingerprint density at radius 1 is 1.15 bits per heavy atom. The van der Waals surface area contributed by atoms with Gasteiger partial charge in [-0.1, -0.05) is 31.4 Å². The average Bonchev–Trinajstić information content (AvgIpc) is 2.69. The van der Waals surface area contributed by atoms with E-state index >= 15 is 0 Å². The second-order valence-electron chi connectivity index (χ2n) is 6.62.